The molecule has 0 atom stereocenters. The zero-order chi connectivity index (χ0) is 16.8. The van der Waals surface area contributed by atoms with E-state index in [9.17, 15) is 0 Å². The van der Waals surface area contributed by atoms with Crippen LogP contribution >= 0.6 is 0 Å². The van der Waals surface area contributed by atoms with Crippen molar-refractivity contribution in [3.63, 3.8) is 0 Å². The first-order valence-corrected chi connectivity index (χ1v) is 10.1. The average molecular weight is 331 g/mol. The third-order valence-corrected chi connectivity index (χ3v) is 4.03. The van der Waals surface area contributed by atoms with Crippen molar-refractivity contribution in [2.45, 2.75) is 90.9 Å². The molecule has 0 saturated carbocycles. The number of unbranched alkanes of at least 4 members (excludes halogenated alkanes) is 10. The second-order valence-corrected chi connectivity index (χ2v) is 6.37. The first-order valence-electron chi connectivity index (χ1n) is 10.1. The summed E-state index contributed by atoms with van der Waals surface area (Å²) in [5, 5.41) is 0. The van der Waals surface area contributed by atoms with Crippen LogP contribution in [0.3, 0.4) is 0 Å². The summed E-state index contributed by atoms with van der Waals surface area (Å²) < 4.78 is 16.6. The van der Waals surface area contributed by atoms with E-state index in [0.717, 1.165) is 13.2 Å². The van der Waals surface area contributed by atoms with Crippen LogP contribution in [0.1, 0.15) is 90.9 Å². The van der Waals surface area contributed by atoms with Crippen molar-refractivity contribution >= 4 is 0 Å². The van der Waals surface area contributed by atoms with Gasteiger partial charge in [-0.15, -0.1) is 0 Å². The molecule has 0 aromatic heterocycles. The van der Waals surface area contributed by atoms with E-state index in [2.05, 4.69) is 13.8 Å². The Morgan fingerprint density at radius 3 is 1.04 bits per heavy atom. The minimum absolute atomic E-state index is 0.691. The van der Waals surface area contributed by atoms with Crippen LogP contribution in [0.5, 0.6) is 0 Å². The van der Waals surface area contributed by atoms with E-state index in [1.54, 1.807) is 0 Å². The Labute approximate surface area is 145 Å². The monoisotopic (exact) mass is 330 g/mol. The third-order valence-electron chi connectivity index (χ3n) is 4.03. The Morgan fingerprint density at radius 1 is 0.348 bits per heavy atom. The molecule has 0 aliphatic rings. The van der Waals surface area contributed by atoms with E-state index < -0.39 is 0 Å². The average Bonchev–Trinajstić information content (AvgIpc) is 2.57. The van der Waals surface area contributed by atoms with Gasteiger partial charge in [0.1, 0.15) is 0 Å². The maximum atomic E-state index is 5.57. The third kappa shape index (κ3) is 21.9. The highest BCUT2D eigenvalue weighted by Gasteiger charge is 1.94. The van der Waals surface area contributed by atoms with Gasteiger partial charge in [-0.1, -0.05) is 78.1 Å². The Hall–Kier alpha value is -0.120. The van der Waals surface area contributed by atoms with Crippen molar-refractivity contribution in [3.05, 3.63) is 0 Å². The van der Waals surface area contributed by atoms with Gasteiger partial charge in [0.05, 0.1) is 26.4 Å². The van der Waals surface area contributed by atoms with Crippen molar-refractivity contribution < 1.29 is 14.2 Å². The van der Waals surface area contributed by atoms with Gasteiger partial charge in [0, 0.05) is 13.2 Å². The highest BCUT2D eigenvalue weighted by molar-refractivity contribution is 4.44. The summed E-state index contributed by atoms with van der Waals surface area (Å²) in [7, 11) is 0. The van der Waals surface area contributed by atoms with Gasteiger partial charge in [-0.25, -0.2) is 0 Å². The topological polar surface area (TPSA) is 27.7 Å². The molecule has 0 N–H and O–H groups in total. The van der Waals surface area contributed by atoms with Crippen LogP contribution in [-0.2, 0) is 14.2 Å². The predicted octanol–water partition coefficient (Wildman–Crippen LogP) is 5.76. The number of hydrogen-bond acceptors (Lipinski definition) is 3. The molecule has 23 heavy (non-hydrogen) atoms. The van der Waals surface area contributed by atoms with Crippen molar-refractivity contribution in [3.8, 4) is 0 Å². The van der Waals surface area contributed by atoms with E-state index in [1.165, 1.54) is 77.0 Å². The maximum absolute atomic E-state index is 5.57. The van der Waals surface area contributed by atoms with Crippen LogP contribution < -0.4 is 0 Å². The van der Waals surface area contributed by atoms with Crippen molar-refractivity contribution in [2.75, 3.05) is 39.6 Å². The van der Waals surface area contributed by atoms with Gasteiger partial charge in [0.25, 0.3) is 0 Å². The Morgan fingerprint density at radius 2 is 0.652 bits per heavy atom. The summed E-state index contributed by atoms with van der Waals surface area (Å²) in [5.74, 6) is 0. The summed E-state index contributed by atoms with van der Waals surface area (Å²) in [6, 6.07) is 0. The van der Waals surface area contributed by atoms with Crippen LogP contribution in [0.15, 0.2) is 0 Å². The predicted molar refractivity (Wildman–Crippen MR) is 99.2 cm³/mol. The fourth-order valence-electron chi connectivity index (χ4n) is 2.51. The molecule has 0 aromatic rings. The molecule has 0 aliphatic heterocycles. The van der Waals surface area contributed by atoms with Gasteiger partial charge in [0.15, 0.2) is 0 Å². The lowest BCUT2D eigenvalue weighted by molar-refractivity contribution is 0.0132. The number of rotatable bonds is 20. The largest absolute Gasteiger partial charge is 0.379 e. The Kier molecular flexibility index (Phi) is 21.8. The highest BCUT2D eigenvalue weighted by atomic mass is 16.5. The van der Waals surface area contributed by atoms with Crippen LogP contribution in [0, 0.1) is 0 Å². The Bertz CT molecular complexity index is 177. The minimum atomic E-state index is 0.691. The molecule has 0 amide bonds. The minimum Gasteiger partial charge on any atom is -0.379 e. The lowest BCUT2D eigenvalue weighted by Crippen LogP contribution is -2.10. The van der Waals surface area contributed by atoms with Gasteiger partial charge in [-0.2, -0.15) is 0 Å². The first-order chi connectivity index (χ1) is 11.4. The number of hydrogen-bond donors (Lipinski definition) is 0. The standard InChI is InChI=1S/C20H42O3/c1-3-5-7-9-11-13-15-21-17-19-23-20-18-22-16-14-12-10-8-6-4-2/h3-20H2,1-2H3. The lowest BCUT2D eigenvalue weighted by atomic mass is 10.1. The number of ether oxygens (including phenoxy) is 3. The highest BCUT2D eigenvalue weighted by Crippen LogP contribution is 2.05. The summed E-state index contributed by atoms with van der Waals surface area (Å²) >= 11 is 0. The smallest absolute Gasteiger partial charge is 0.0701 e. The van der Waals surface area contributed by atoms with Gasteiger partial charge in [-0.05, 0) is 12.8 Å². The van der Waals surface area contributed by atoms with Crippen molar-refractivity contribution in [1.82, 2.24) is 0 Å². The molecule has 140 valence electrons. The normalized spacial score (nSPS) is 11.2. The second-order valence-electron chi connectivity index (χ2n) is 6.37. The SMILES string of the molecule is CCCCCCCCOCCOCCOCCCCCCCC. The van der Waals surface area contributed by atoms with Crippen LogP contribution in [0.2, 0.25) is 0 Å². The molecule has 0 bridgehead atoms. The van der Waals surface area contributed by atoms with Gasteiger partial charge in [0.2, 0.25) is 0 Å². The maximum Gasteiger partial charge on any atom is 0.0701 e. The van der Waals surface area contributed by atoms with Gasteiger partial charge < -0.3 is 14.2 Å². The molecule has 3 heteroatoms. The second kappa shape index (κ2) is 21.9. The fraction of sp³-hybridized carbons (Fsp3) is 1.00. The zero-order valence-corrected chi connectivity index (χ0v) is 16.0. The molecule has 3 nitrogen and oxygen atoms in total. The molecule has 0 radical (unpaired) electrons. The van der Waals surface area contributed by atoms with E-state index >= 15 is 0 Å². The molecule has 0 heterocycles. The summed E-state index contributed by atoms with van der Waals surface area (Å²) in [6.07, 6.45) is 15.8. The summed E-state index contributed by atoms with van der Waals surface area (Å²) in [4.78, 5) is 0. The van der Waals surface area contributed by atoms with E-state index in [-0.39, 0.29) is 0 Å². The summed E-state index contributed by atoms with van der Waals surface area (Å²) in [6.45, 7) is 9.07. The van der Waals surface area contributed by atoms with Crippen LogP contribution in [0.4, 0.5) is 0 Å². The molecule has 0 aliphatic carbocycles. The molecule has 0 saturated heterocycles. The molecule has 0 unspecified atom stereocenters. The van der Waals surface area contributed by atoms with Crippen LogP contribution in [-0.4, -0.2) is 39.6 Å². The zero-order valence-electron chi connectivity index (χ0n) is 16.0. The van der Waals surface area contributed by atoms with E-state index in [1.807, 2.05) is 0 Å². The van der Waals surface area contributed by atoms with Gasteiger partial charge in [-0.3, -0.25) is 0 Å². The summed E-state index contributed by atoms with van der Waals surface area (Å²) in [5.41, 5.74) is 0. The molecule has 0 rings (SSSR count). The molecular formula is C20H42O3. The lowest BCUT2D eigenvalue weighted by Gasteiger charge is -2.07. The molecule has 0 spiro atoms. The molecule has 0 fully saturated rings. The van der Waals surface area contributed by atoms with Crippen molar-refractivity contribution in [1.29, 1.82) is 0 Å². The molecule has 0 aromatic carbocycles. The van der Waals surface area contributed by atoms with Gasteiger partial charge >= 0.3 is 0 Å². The Balaban J connectivity index is 2.92. The quantitative estimate of drug-likeness (QED) is 0.266. The first kappa shape index (κ1) is 22.9. The van der Waals surface area contributed by atoms with Crippen LogP contribution in [0.25, 0.3) is 0 Å². The van der Waals surface area contributed by atoms with E-state index in [0.29, 0.717) is 26.4 Å². The van der Waals surface area contributed by atoms with Crippen molar-refractivity contribution in [2.24, 2.45) is 0 Å². The fourth-order valence-corrected chi connectivity index (χ4v) is 2.51. The molecular weight excluding hydrogens is 288 g/mol. The van der Waals surface area contributed by atoms with E-state index in [4.69, 9.17) is 14.2 Å².